The highest BCUT2D eigenvalue weighted by molar-refractivity contribution is 5.85. The van der Waals surface area contributed by atoms with Crippen LogP contribution in [0.2, 0.25) is 0 Å². The van der Waals surface area contributed by atoms with E-state index in [1.807, 2.05) is 19.1 Å². The molecule has 0 bridgehead atoms. The summed E-state index contributed by atoms with van der Waals surface area (Å²) >= 11 is 0. The van der Waals surface area contributed by atoms with Gasteiger partial charge in [0.1, 0.15) is 11.5 Å². The molecule has 2 atom stereocenters. The molecule has 0 aliphatic carbocycles. The first kappa shape index (κ1) is 18.8. The van der Waals surface area contributed by atoms with Gasteiger partial charge in [0, 0.05) is 31.1 Å². The smallest absolute Gasteiger partial charge is 0.225 e. The second-order valence-electron chi connectivity index (χ2n) is 5.91. The van der Waals surface area contributed by atoms with Crippen LogP contribution in [0.25, 0.3) is 0 Å². The van der Waals surface area contributed by atoms with E-state index < -0.39 is 0 Å². The summed E-state index contributed by atoms with van der Waals surface area (Å²) in [7, 11) is 3.16. The Morgan fingerprint density at radius 2 is 2.16 bits per heavy atom. The van der Waals surface area contributed by atoms with Crippen LogP contribution in [0.5, 0.6) is 11.5 Å². The molecule has 0 aromatic heterocycles. The SMILES string of the molecule is C=CCNC(=O)[C@@H]1CCC(=O)N(CC)[C@H]1c1ccc(OC)cc1OC. The van der Waals surface area contributed by atoms with Crippen LogP contribution in [0.3, 0.4) is 0 Å². The van der Waals surface area contributed by atoms with Gasteiger partial charge in [0.25, 0.3) is 0 Å². The molecule has 1 saturated heterocycles. The molecule has 1 N–H and O–H groups in total. The van der Waals surface area contributed by atoms with Crippen LogP contribution in [-0.2, 0) is 9.59 Å². The van der Waals surface area contributed by atoms with Crippen LogP contribution >= 0.6 is 0 Å². The quantitative estimate of drug-likeness (QED) is 0.769. The molecule has 6 nitrogen and oxygen atoms in total. The Bertz CT molecular complexity index is 644. The van der Waals surface area contributed by atoms with Gasteiger partial charge in [-0.15, -0.1) is 6.58 Å². The minimum absolute atomic E-state index is 0.0538. The van der Waals surface area contributed by atoms with Gasteiger partial charge in [0.05, 0.1) is 26.2 Å². The highest BCUT2D eigenvalue weighted by Crippen LogP contribution is 2.41. The van der Waals surface area contributed by atoms with Gasteiger partial charge in [0.15, 0.2) is 0 Å². The van der Waals surface area contributed by atoms with Crippen molar-refractivity contribution in [2.24, 2.45) is 5.92 Å². The van der Waals surface area contributed by atoms with Crippen LogP contribution < -0.4 is 14.8 Å². The number of carbonyl (C=O) groups is 2. The Kier molecular flexibility index (Phi) is 6.44. The van der Waals surface area contributed by atoms with E-state index in [1.54, 1.807) is 31.3 Å². The minimum Gasteiger partial charge on any atom is -0.497 e. The second-order valence-corrected chi connectivity index (χ2v) is 5.91. The summed E-state index contributed by atoms with van der Waals surface area (Å²) in [5.74, 6) is 0.921. The van der Waals surface area contributed by atoms with Crippen molar-refractivity contribution in [2.45, 2.75) is 25.8 Å². The number of nitrogens with one attached hydrogen (secondary N) is 1. The third-order valence-corrected chi connectivity index (χ3v) is 4.56. The summed E-state index contributed by atoms with van der Waals surface area (Å²) in [6.45, 7) is 6.49. The lowest BCUT2D eigenvalue weighted by molar-refractivity contribution is -0.143. The Hall–Kier alpha value is -2.50. The van der Waals surface area contributed by atoms with Crippen LogP contribution in [-0.4, -0.2) is 44.0 Å². The van der Waals surface area contributed by atoms with E-state index in [4.69, 9.17) is 9.47 Å². The van der Waals surface area contributed by atoms with Gasteiger partial charge < -0.3 is 19.7 Å². The summed E-state index contributed by atoms with van der Waals surface area (Å²) in [6, 6.07) is 5.11. The maximum Gasteiger partial charge on any atom is 0.225 e. The van der Waals surface area contributed by atoms with E-state index in [-0.39, 0.29) is 23.8 Å². The molecule has 1 heterocycles. The molecule has 6 heteroatoms. The molecule has 0 radical (unpaired) electrons. The molecule has 1 fully saturated rings. The van der Waals surface area contributed by atoms with Gasteiger partial charge >= 0.3 is 0 Å². The molecule has 1 aliphatic rings. The van der Waals surface area contributed by atoms with Crippen molar-refractivity contribution < 1.29 is 19.1 Å². The number of methoxy groups -OCH3 is 2. The zero-order valence-corrected chi connectivity index (χ0v) is 15.1. The van der Waals surface area contributed by atoms with Crippen molar-refractivity contribution in [3.63, 3.8) is 0 Å². The Morgan fingerprint density at radius 1 is 1.40 bits per heavy atom. The number of hydrogen-bond acceptors (Lipinski definition) is 4. The topological polar surface area (TPSA) is 67.9 Å². The molecular formula is C19H26N2O4. The fourth-order valence-corrected chi connectivity index (χ4v) is 3.35. The molecule has 0 unspecified atom stereocenters. The fourth-order valence-electron chi connectivity index (χ4n) is 3.35. The van der Waals surface area contributed by atoms with E-state index in [0.717, 1.165) is 5.56 Å². The van der Waals surface area contributed by atoms with Gasteiger partial charge in [-0.25, -0.2) is 0 Å². The highest BCUT2D eigenvalue weighted by Gasteiger charge is 2.41. The second kappa shape index (κ2) is 8.55. The van der Waals surface area contributed by atoms with Crippen molar-refractivity contribution in [3.05, 3.63) is 36.4 Å². The monoisotopic (exact) mass is 346 g/mol. The number of nitrogens with zero attached hydrogens (tertiary/aromatic N) is 1. The summed E-state index contributed by atoms with van der Waals surface area (Å²) in [6.07, 6.45) is 2.53. The molecule has 1 aromatic rings. The van der Waals surface area contributed by atoms with E-state index in [9.17, 15) is 9.59 Å². The van der Waals surface area contributed by atoms with E-state index in [0.29, 0.717) is 37.4 Å². The molecule has 2 amide bonds. The van der Waals surface area contributed by atoms with Gasteiger partial charge in [-0.05, 0) is 25.5 Å². The Labute approximate surface area is 148 Å². The minimum atomic E-state index is -0.364. The number of carbonyl (C=O) groups excluding carboxylic acids is 2. The zero-order valence-electron chi connectivity index (χ0n) is 15.1. The largest absolute Gasteiger partial charge is 0.497 e. The number of amides is 2. The maximum absolute atomic E-state index is 12.7. The fraction of sp³-hybridized carbons (Fsp3) is 0.474. The summed E-state index contributed by atoms with van der Waals surface area (Å²) < 4.78 is 10.8. The van der Waals surface area contributed by atoms with Gasteiger partial charge in [-0.3, -0.25) is 9.59 Å². The number of hydrogen-bond donors (Lipinski definition) is 1. The van der Waals surface area contributed by atoms with Crippen molar-refractivity contribution in [1.29, 1.82) is 0 Å². The maximum atomic E-state index is 12.7. The highest BCUT2D eigenvalue weighted by atomic mass is 16.5. The Balaban J connectivity index is 2.46. The number of ether oxygens (including phenoxy) is 2. The predicted molar refractivity (Wildman–Crippen MR) is 95.6 cm³/mol. The third kappa shape index (κ3) is 3.95. The molecule has 1 aromatic carbocycles. The van der Waals surface area contributed by atoms with E-state index in [2.05, 4.69) is 11.9 Å². The lowest BCUT2D eigenvalue weighted by Crippen LogP contribution is -2.48. The van der Waals surface area contributed by atoms with Gasteiger partial charge in [-0.1, -0.05) is 6.08 Å². The number of rotatable bonds is 7. The van der Waals surface area contributed by atoms with Crippen LogP contribution in [0.1, 0.15) is 31.4 Å². The standard InChI is InChI=1S/C19H26N2O4/c1-5-11-20-19(23)15-9-10-17(22)21(6-2)18(15)14-8-7-13(24-3)12-16(14)25-4/h5,7-8,12,15,18H,1,6,9-11H2,2-4H3,(H,20,23)/t15-,18+/m1/s1. The number of benzene rings is 1. The van der Waals surface area contributed by atoms with Crippen molar-refractivity contribution in [2.75, 3.05) is 27.3 Å². The van der Waals surface area contributed by atoms with Crippen molar-refractivity contribution in [3.8, 4) is 11.5 Å². The van der Waals surface area contributed by atoms with Crippen molar-refractivity contribution in [1.82, 2.24) is 10.2 Å². The van der Waals surface area contributed by atoms with Crippen LogP contribution in [0.4, 0.5) is 0 Å². The van der Waals surface area contributed by atoms with Gasteiger partial charge in [-0.2, -0.15) is 0 Å². The first-order valence-corrected chi connectivity index (χ1v) is 8.47. The van der Waals surface area contributed by atoms with E-state index in [1.165, 1.54) is 0 Å². The predicted octanol–water partition coefficient (Wildman–Crippen LogP) is 2.31. The van der Waals surface area contributed by atoms with Crippen LogP contribution in [0, 0.1) is 5.92 Å². The van der Waals surface area contributed by atoms with Gasteiger partial charge in [0.2, 0.25) is 11.8 Å². The lowest BCUT2D eigenvalue weighted by Gasteiger charge is -2.40. The average Bonchev–Trinajstić information content (AvgIpc) is 2.65. The lowest BCUT2D eigenvalue weighted by atomic mass is 9.83. The molecule has 136 valence electrons. The van der Waals surface area contributed by atoms with Crippen molar-refractivity contribution >= 4 is 11.8 Å². The zero-order chi connectivity index (χ0) is 18.4. The molecule has 2 rings (SSSR count). The van der Waals surface area contributed by atoms with Crippen LogP contribution in [0.15, 0.2) is 30.9 Å². The van der Waals surface area contributed by atoms with E-state index >= 15 is 0 Å². The average molecular weight is 346 g/mol. The first-order valence-electron chi connectivity index (χ1n) is 8.47. The molecular weight excluding hydrogens is 320 g/mol. The molecule has 25 heavy (non-hydrogen) atoms. The number of likely N-dealkylation sites (tertiary alicyclic amines) is 1. The summed E-state index contributed by atoms with van der Waals surface area (Å²) in [4.78, 5) is 26.9. The summed E-state index contributed by atoms with van der Waals surface area (Å²) in [5, 5.41) is 2.86. The molecule has 1 aliphatic heterocycles. The first-order chi connectivity index (χ1) is 12.1. The Morgan fingerprint density at radius 3 is 2.76 bits per heavy atom. The number of piperidine rings is 1. The normalized spacial score (nSPS) is 20.1. The third-order valence-electron chi connectivity index (χ3n) is 4.56. The summed E-state index contributed by atoms with van der Waals surface area (Å²) in [5.41, 5.74) is 0.817. The molecule has 0 spiro atoms. The molecule has 0 saturated carbocycles.